The number of nitrogens with one attached hydrogen (secondary N) is 1. The van der Waals surface area contributed by atoms with E-state index in [1.165, 1.54) is 0 Å². The van der Waals surface area contributed by atoms with Crippen LogP contribution in [0.4, 0.5) is 0 Å². The molecule has 1 atom stereocenters. The fourth-order valence-electron chi connectivity index (χ4n) is 1.97. The second kappa shape index (κ2) is 5.80. The van der Waals surface area contributed by atoms with Crippen molar-refractivity contribution in [2.75, 3.05) is 40.3 Å². The molecule has 1 unspecified atom stereocenters. The molecule has 0 aromatic carbocycles. The molecule has 1 saturated heterocycles. The van der Waals surface area contributed by atoms with E-state index in [0.29, 0.717) is 13.0 Å². The molecule has 0 aromatic heterocycles. The lowest BCUT2D eigenvalue weighted by atomic mass is 10.0. The van der Waals surface area contributed by atoms with E-state index in [0.717, 1.165) is 19.6 Å². The fraction of sp³-hybridized carbons (Fsp3) is 0.917. The van der Waals surface area contributed by atoms with Gasteiger partial charge in [0.05, 0.1) is 5.60 Å². The SMILES string of the molecule is CN(C)C(=O)C1CNCCN1CCC(C)(C)O. The smallest absolute Gasteiger partial charge is 0.240 e. The topological polar surface area (TPSA) is 55.8 Å². The first-order valence-electron chi connectivity index (χ1n) is 6.19. The predicted octanol–water partition coefficient (Wildman–Crippen LogP) is -0.491. The van der Waals surface area contributed by atoms with Crippen LogP contribution in [0.5, 0.6) is 0 Å². The van der Waals surface area contributed by atoms with Crippen molar-refractivity contribution in [1.82, 2.24) is 15.1 Å². The summed E-state index contributed by atoms with van der Waals surface area (Å²) in [6.45, 7) is 6.83. The maximum absolute atomic E-state index is 12.0. The van der Waals surface area contributed by atoms with Crippen LogP contribution in [-0.4, -0.2) is 72.7 Å². The molecule has 0 aliphatic carbocycles. The van der Waals surface area contributed by atoms with E-state index >= 15 is 0 Å². The van der Waals surface area contributed by atoms with Gasteiger partial charge in [-0.3, -0.25) is 9.69 Å². The summed E-state index contributed by atoms with van der Waals surface area (Å²) in [4.78, 5) is 15.8. The second-order valence-corrected chi connectivity index (χ2v) is 5.55. The van der Waals surface area contributed by atoms with Gasteiger partial charge in [0.15, 0.2) is 0 Å². The van der Waals surface area contributed by atoms with Gasteiger partial charge in [-0.2, -0.15) is 0 Å². The molecule has 100 valence electrons. The molecule has 17 heavy (non-hydrogen) atoms. The quantitative estimate of drug-likeness (QED) is 0.699. The first-order chi connectivity index (χ1) is 7.81. The van der Waals surface area contributed by atoms with Gasteiger partial charge in [-0.15, -0.1) is 0 Å². The van der Waals surface area contributed by atoms with E-state index in [4.69, 9.17) is 0 Å². The third kappa shape index (κ3) is 4.61. The van der Waals surface area contributed by atoms with Gasteiger partial charge in [-0.1, -0.05) is 0 Å². The maximum Gasteiger partial charge on any atom is 0.240 e. The van der Waals surface area contributed by atoms with Gasteiger partial charge in [0.25, 0.3) is 0 Å². The minimum Gasteiger partial charge on any atom is -0.390 e. The average Bonchev–Trinajstić information content (AvgIpc) is 2.24. The van der Waals surface area contributed by atoms with Crippen LogP contribution in [0.25, 0.3) is 0 Å². The number of carbonyl (C=O) groups excluding carboxylic acids is 1. The van der Waals surface area contributed by atoms with Crippen molar-refractivity contribution in [3.63, 3.8) is 0 Å². The van der Waals surface area contributed by atoms with E-state index in [2.05, 4.69) is 10.2 Å². The molecule has 0 spiro atoms. The monoisotopic (exact) mass is 243 g/mol. The number of rotatable bonds is 4. The van der Waals surface area contributed by atoms with Crippen molar-refractivity contribution in [3.8, 4) is 0 Å². The Morgan fingerprint density at radius 1 is 1.53 bits per heavy atom. The molecule has 1 amide bonds. The van der Waals surface area contributed by atoms with E-state index in [1.807, 2.05) is 0 Å². The van der Waals surface area contributed by atoms with Crippen molar-refractivity contribution >= 4 is 5.91 Å². The van der Waals surface area contributed by atoms with Crippen LogP contribution in [0.3, 0.4) is 0 Å². The first-order valence-corrected chi connectivity index (χ1v) is 6.19. The highest BCUT2D eigenvalue weighted by molar-refractivity contribution is 5.81. The number of hydrogen-bond acceptors (Lipinski definition) is 4. The number of carbonyl (C=O) groups is 1. The zero-order valence-electron chi connectivity index (χ0n) is 11.4. The minimum atomic E-state index is -0.670. The zero-order chi connectivity index (χ0) is 13.1. The van der Waals surface area contributed by atoms with Crippen molar-refractivity contribution in [1.29, 1.82) is 0 Å². The Hall–Kier alpha value is -0.650. The van der Waals surface area contributed by atoms with Gasteiger partial charge in [0, 0.05) is 40.3 Å². The largest absolute Gasteiger partial charge is 0.390 e. The Balaban J connectivity index is 2.57. The summed E-state index contributed by atoms with van der Waals surface area (Å²) in [5.41, 5.74) is -0.670. The van der Waals surface area contributed by atoms with Gasteiger partial charge in [0.2, 0.25) is 5.91 Å². The number of nitrogens with zero attached hydrogens (tertiary/aromatic N) is 2. The summed E-state index contributed by atoms with van der Waals surface area (Å²) in [6.07, 6.45) is 0.685. The van der Waals surface area contributed by atoms with Gasteiger partial charge in [-0.05, 0) is 20.3 Å². The number of piperazine rings is 1. The van der Waals surface area contributed by atoms with Crippen LogP contribution in [0.15, 0.2) is 0 Å². The molecule has 5 heteroatoms. The summed E-state index contributed by atoms with van der Waals surface area (Å²) in [6, 6.07) is -0.0962. The standard InChI is InChI=1S/C12H25N3O2/c1-12(2,17)5-7-15-8-6-13-9-10(15)11(16)14(3)4/h10,13,17H,5-9H2,1-4H3. The lowest BCUT2D eigenvalue weighted by Crippen LogP contribution is -2.58. The lowest BCUT2D eigenvalue weighted by molar-refractivity contribution is -0.135. The fourth-order valence-corrected chi connectivity index (χ4v) is 1.97. The van der Waals surface area contributed by atoms with Crippen LogP contribution in [-0.2, 0) is 4.79 Å². The molecule has 5 nitrogen and oxygen atoms in total. The molecule has 1 aliphatic heterocycles. The average molecular weight is 243 g/mol. The molecule has 1 rings (SSSR count). The van der Waals surface area contributed by atoms with E-state index in [1.54, 1.807) is 32.8 Å². The molecule has 2 N–H and O–H groups in total. The third-order valence-corrected chi connectivity index (χ3v) is 3.09. The summed E-state index contributed by atoms with van der Waals surface area (Å²) in [5, 5.41) is 13.0. The third-order valence-electron chi connectivity index (χ3n) is 3.09. The number of amides is 1. The minimum absolute atomic E-state index is 0.0962. The molecule has 0 aromatic rings. The highest BCUT2D eigenvalue weighted by atomic mass is 16.3. The predicted molar refractivity (Wildman–Crippen MR) is 67.8 cm³/mol. The summed E-state index contributed by atoms with van der Waals surface area (Å²) < 4.78 is 0. The number of aliphatic hydroxyl groups is 1. The van der Waals surface area contributed by atoms with Crippen LogP contribution < -0.4 is 5.32 Å². The van der Waals surface area contributed by atoms with Gasteiger partial charge in [-0.25, -0.2) is 0 Å². The molecule has 0 bridgehead atoms. The summed E-state index contributed by atoms with van der Waals surface area (Å²) in [7, 11) is 3.57. The Labute approximate surface area is 104 Å². The Morgan fingerprint density at radius 2 is 2.18 bits per heavy atom. The highest BCUT2D eigenvalue weighted by Gasteiger charge is 2.30. The molecule has 1 fully saturated rings. The highest BCUT2D eigenvalue weighted by Crippen LogP contribution is 2.12. The zero-order valence-corrected chi connectivity index (χ0v) is 11.4. The van der Waals surface area contributed by atoms with Crippen molar-refractivity contribution in [3.05, 3.63) is 0 Å². The summed E-state index contributed by atoms with van der Waals surface area (Å²) >= 11 is 0. The van der Waals surface area contributed by atoms with E-state index < -0.39 is 5.60 Å². The van der Waals surface area contributed by atoms with Crippen molar-refractivity contribution in [2.24, 2.45) is 0 Å². The van der Waals surface area contributed by atoms with Crippen LogP contribution >= 0.6 is 0 Å². The first kappa shape index (κ1) is 14.4. The van der Waals surface area contributed by atoms with Gasteiger partial charge >= 0.3 is 0 Å². The Morgan fingerprint density at radius 3 is 2.71 bits per heavy atom. The van der Waals surface area contributed by atoms with Crippen LogP contribution in [0, 0.1) is 0 Å². The number of hydrogen-bond donors (Lipinski definition) is 2. The van der Waals surface area contributed by atoms with Gasteiger partial charge < -0.3 is 15.3 Å². The maximum atomic E-state index is 12.0. The van der Waals surface area contributed by atoms with Gasteiger partial charge in [0.1, 0.15) is 6.04 Å². The second-order valence-electron chi connectivity index (χ2n) is 5.55. The molecule has 1 aliphatic rings. The molecule has 0 saturated carbocycles. The Bertz CT molecular complexity index is 261. The molecule has 0 radical (unpaired) electrons. The number of likely N-dealkylation sites (N-methyl/N-ethyl adjacent to an activating group) is 1. The normalized spacial score (nSPS) is 22.5. The van der Waals surface area contributed by atoms with Crippen molar-refractivity contribution < 1.29 is 9.90 Å². The molecular weight excluding hydrogens is 218 g/mol. The van der Waals surface area contributed by atoms with Crippen LogP contribution in [0.2, 0.25) is 0 Å². The van der Waals surface area contributed by atoms with E-state index in [9.17, 15) is 9.90 Å². The Kier molecular flexibility index (Phi) is 4.91. The van der Waals surface area contributed by atoms with Crippen molar-refractivity contribution in [2.45, 2.75) is 31.9 Å². The lowest BCUT2D eigenvalue weighted by Gasteiger charge is -2.37. The molecular formula is C12H25N3O2. The van der Waals surface area contributed by atoms with E-state index in [-0.39, 0.29) is 11.9 Å². The summed E-state index contributed by atoms with van der Waals surface area (Å²) in [5.74, 6) is 0.132. The van der Waals surface area contributed by atoms with Crippen LogP contribution in [0.1, 0.15) is 20.3 Å². The molecule has 1 heterocycles.